The molecule has 1 amide bonds. The highest BCUT2D eigenvalue weighted by atomic mass is 35.5. The monoisotopic (exact) mass is 422 g/mol. The summed E-state index contributed by atoms with van der Waals surface area (Å²) in [7, 11) is 4.05. The number of carbonyl (C=O) groups is 1. The van der Waals surface area contributed by atoms with E-state index in [1.807, 2.05) is 48.3 Å². The highest BCUT2D eigenvalue weighted by Gasteiger charge is 2.24. The minimum absolute atomic E-state index is 0.0946. The number of likely N-dealkylation sites (tertiary alicyclic amines) is 1. The van der Waals surface area contributed by atoms with Gasteiger partial charge in [-0.1, -0.05) is 35.3 Å². The molecule has 1 saturated heterocycles. The molecule has 1 heterocycles. The summed E-state index contributed by atoms with van der Waals surface area (Å²) in [5.41, 5.74) is 1.84. The number of hydrogen-bond donors (Lipinski definition) is 0. The fraction of sp³-hybridized carbons (Fsp3) is 0.381. The van der Waals surface area contributed by atoms with Gasteiger partial charge in [-0.25, -0.2) is 0 Å². The van der Waals surface area contributed by atoms with E-state index in [2.05, 4.69) is 11.9 Å². The average molecular weight is 423 g/mol. The quantitative estimate of drug-likeness (QED) is 0.598. The number of carbonyl (C=O) groups excluding carboxylic acids is 1. The second-order valence-corrected chi connectivity index (χ2v) is 8.88. The second-order valence-electron chi connectivity index (χ2n) is 7.01. The number of amides is 1. The SMILES string of the molecule is CN1CCC(N(C)C(=O)c2cccc(CSc3cc(Cl)ccc3Cl)c2)CC1. The van der Waals surface area contributed by atoms with Crippen molar-refractivity contribution in [3.05, 3.63) is 63.6 Å². The van der Waals surface area contributed by atoms with Crippen LogP contribution in [0.1, 0.15) is 28.8 Å². The first-order valence-electron chi connectivity index (χ1n) is 9.06. The molecule has 0 N–H and O–H groups in total. The predicted octanol–water partition coefficient (Wildman–Crippen LogP) is 5.45. The van der Waals surface area contributed by atoms with Crippen molar-refractivity contribution in [2.45, 2.75) is 29.5 Å². The van der Waals surface area contributed by atoms with Crippen molar-refractivity contribution >= 4 is 40.9 Å². The van der Waals surface area contributed by atoms with Gasteiger partial charge in [0.2, 0.25) is 0 Å². The van der Waals surface area contributed by atoms with Crippen molar-refractivity contribution in [1.82, 2.24) is 9.80 Å². The van der Waals surface area contributed by atoms with Gasteiger partial charge < -0.3 is 9.80 Å². The van der Waals surface area contributed by atoms with E-state index >= 15 is 0 Å². The Kier molecular flexibility index (Phi) is 7.10. The molecule has 27 heavy (non-hydrogen) atoms. The summed E-state index contributed by atoms with van der Waals surface area (Å²) < 4.78 is 0. The minimum Gasteiger partial charge on any atom is -0.339 e. The van der Waals surface area contributed by atoms with E-state index in [4.69, 9.17) is 23.2 Å². The molecule has 1 aliphatic heterocycles. The van der Waals surface area contributed by atoms with Gasteiger partial charge in [0.25, 0.3) is 5.91 Å². The lowest BCUT2D eigenvalue weighted by Gasteiger charge is -2.35. The number of nitrogens with zero attached hydrogens (tertiary/aromatic N) is 2. The first-order chi connectivity index (χ1) is 12.9. The Balaban J connectivity index is 1.66. The Morgan fingerprint density at radius 2 is 1.93 bits per heavy atom. The van der Waals surface area contributed by atoms with Crippen LogP contribution in [0.15, 0.2) is 47.4 Å². The van der Waals surface area contributed by atoms with Crippen molar-refractivity contribution in [1.29, 1.82) is 0 Å². The van der Waals surface area contributed by atoms with Gasteiger partial charge in [-0.3, -0.25) is 4.79 Å². The van der Waals surface area contributed by atoms with Gasteiger partial charge in [-0.2, -0.15) is 0 Å². The third-order valence-corrected chi connectivity index (χ3v) is 6.82. The Morgan fingerprint density at radius 1 is 1.19 bits per heavy atom. The molecule has 2 aromatic rings. The molecule has 6 heteroatoms. The third-order valence-electron chi connectivity index (χ3n) is 5.02. The first kappa shape index (κ1) is 20.5. The minimum atomic E-state index is 0.0946. The Labute approximate surface area is 175 Å². The average Bonchev–Trinajstić information content (AvgIpc) is 2.68. The van der Waals surface area contributed by atoms with Crippen molar-refractivity contribution in [2.75, 3.05) is 27.2 Å². The van der Waals surface area contributed by atoms with Crippen LogP contribution in [-0.2, 0) is 5.75 Å². The molecule has 0 saturated carbocycles. The van der Waals surface area contributed by atoms with Gasteiger partial charge in [-0.15, -0.1) is 11.8 Å². The number of thioether (sulfide) groups is 1. The Hall–Kier alpha value is -1.20. The molecule has 0 aromatic heterocycles. The van der Waals surface area contributed by atoms with Gasteiger partial charge in [-0.05, 0) is 68.9 Å². The number of hydrogen-bond acceptors (Lipinski definition) is 3. The molecule has 2 aromatic carbocycles. The largest absolute Gasteiger partial charge is 0.339 e. The van der Waals surface area contributed by atoms with E-state index in [1.165, 1.54) is 0 Å². The zero-order chi connectivity index (χ0) is 19.4. The van der Waals surface area contributed by atoms with Crippen molar-refractivity contribution in [2.24, 2.45) is 0 Å². The highest BCUT2D eigenvalue weighted by molar-refractivity contribution is 7.98. The molecule has 0 bridgehead atoms. The topological polar surface area (TPSA) is 23.6 Å². The first-order valence-corrected chi connectivity index (χ1v) is 10.8. The zero-order valence-electron chi connectivity index (χ0n) is 15.6. The number of benzene rings is 2. The van der Waals surface area contributed by atoms with E-state index in [0.717, 1.165) is 47.7 Å². The summed E-state index contributed by atoms with van der Waals surface area (Å²) >= 11 is 13.9. The van der Waals surface area contributed by atoms with Gasteiger partial charge in [0.1, 0.15) is 0 Å². The summed E-state index contributed by atoms with van der Waals surface area (Å²) in [5, 5.41) is 1.37. The standard InChI is InChI=1S/C21H24Cl2N2OS/c1-24-10-8-18(9-11-24)25(2)21(26)16-5-3-4-15(12-16)14-27-20-13-17(22)6-7-19(20)23/h3-7,12-13,18H,8-11,14H2,1-2H3. The van der Waals surface area contributed by atoms with Crippen LogP contribution in [0, 0.1) is 0 Å². The molecule has 1 fully saturated rings. The van der Waals surface area contributed by atoms with E-state index in [1.54, 1.807) is 17.8 Å². The van der Waals surface area contributed by atoms with E-state index in [9.17, 15) is 4.79 Å². The molecule has 3 rings (SSSR count). The van der Waals surface area contributed by atoms with Gasteiger partial charge in [0.15, 0.2) is 0 Å². The lowest BCUT2D eigenvalue weighted by atomic mass is 10.0. The number of halogens is 2. The lowest BCUT2D eigenvalue weighted by molar-refractivity contribution is 0.0659. The normalized spacial score (nSPS) is 15.7. The van der Waals surface area contributed by atoms with Crippen molar-refractivity contribution in [3.8, 4) is 0 Å². The Morgan fingerprint density at radius 3 is 2.67 bits per heavy atom. The predicted molar refractivity (Wildman–Crippen MR) is 115 cm³/mol. The van der Waals surface area contributed by atoms with Gasteiger partial charge in [0, 0.05) is 34.3 Å². The summed E-state index contributed by atoms with van der Waals surface area (Å²) in [5.74, 6) is 0.830. The molecule has 0 aliphatic carbocycles. The van der Waals surface area contributed by atoms with Crippen LogP contribution in [0.4, 0.5) is 0 Å². The highest BCUT2D eigenvalue weighted by Crippen LogP contribution is 2.32. The molecule has 0 atom stereocenters. The summed E-state index contributed by atoms with van der Waals surface area (Å²) in [6.07, 6.45) is 2.06. The maximum absolute atomic E-state index is 12.9. The summed E-state index contributed by atoms with van der Waals surface area (Å²) in [4.78, 5) is 18.1. The molecule has 0 radical (unpaired) electrons. The molecule has 1 aliphatic rings. The molecule has 3 nitrogen and oxygen atoms in total. The smallest absolute Gasteiger partial charge is 0.253 e. The Bertz CT molecular complexity index is 807. The van der Waals surface area contributed by atoms with Crippen molar-refractivity contribution in [3.63, 3.8) is 0 Å². The fourth-order valence-electron chi connectivity index (χ4n) is 3.29. The van der Waals surface area contributed by atoms with Crippen LogP contribution >= 0.6 is 35.0 Å². The maximum atomic E-state index is 12.9. The zero-order valence-corrected chi connectivity index (χ0v) is 17.9. The van der Waals surface area contributed by atoms with E-state index < -0.39 is 0 Å². The van der Waals surface area contributed by atoms with Crippen LogP contribution in [-0.4, -0.2) is 48.9 Å². The van der Waals surface area contributed by atoms with E-state index in [0.29, 0.717) is 16.1 Å². The van der Waals surface area contributed by atoms with Gasteiger partial charge in [0.05, 0.1) is 5.02 Å². The second kappa shape index (κ2) is 9.33. The summed E-state index contributed by atoms with van der Waals surface area (Å²) in [6, 6.07) is 13.7. The van der Waals surface area contributed by atoms with E-state index in [-0.39, 0.29) is 5.91 Å². The number of piperidine rings is 1. The molecular weight excluding hydrogens is 399 g/mol. The molecule has 144 valence electrons. The van der Waals surface area contributed by atoms with Crippen LogP contribution in [0.2, 0.25) is 10.0 Å². The lowest BCUT2D eigenvalue weighted by Crippen LogP contribution is -2.44. The van der Waals surface area contributed by atoms with Gasteiger partial charge >= 0.3 is 0 Å². The van der Waals surface area contributed by atoms with Crippen LogP contribution < -0.4 is 0 Å². The molecule has 0 spiro atoms. The van der Waals surface area contributed by atoms with Crippen LogP contribution in [0.25, 0.3) is 0 Å². The fourth-order valence-corrected chi connectivity index (χ4v) is 4.73. The molecular formula is C21H24Cl2N2OS. The van der Waals surface area contributed by atoms with Crippen LogP contribution in [0.3, 0.4) is 0 Å². The maximum Gasteiger partial charge on any atom is 0.253 e. The van der Waals surface area contributed by atoms with Crippen molar-refractivity contribution < 1.29 is 4.79 Å². The number of rotatable bonds is 5. The van der Waals surface area contributed by atoms with Crippen LogP contribution in [0.5, 0.6) is 0 Å². The molecule has 0 unspecified atom stereocenters. The summed E-state index contributed by atoms with van der Waals surface area (Å²) in [6.45, 7) is 2.08. The third kappa shape index (κ3) is 5.41.